The monoisotopic (exact) mass is 382 g/mol. The second kappa shape index (κ2) is 9.13. The molecule has 1 atom stereocenters. The number of furan rings is 1. The lowest BCUT2D eigenvalue weighted by molar-refractivity contribution is -0.134. The molecule has 2 aromatic rings. The predicted molar refractivity (Wildman–Crippen MR) is 94.8 cm³/mol. The van der Waals surface area contributed by atoms with E-state index in [2.05, 4.69) is 17.1 Å². The van der Waals surface area contributed by atoms with Gasteiger partial charge in [-0.05, 0) is 12.5 Å². The van der Waals surface area contributed by atoms with Gasteiger partial charge < -0.3 is 24.8 Å². The molecule has 0 radical (unpaired) electrons. The normalized spacial score (nSPS) is 17.0. The number of nitrogens with one attached hydrogen (secondary N) is 1. The van der Waals surface area contributed by atoms with Gasteiger partial charge in [0.1, 0.15) is 5.82 Å². The lowest BCUT2D eigenvalue weighted by Crippen LogP contribution is -2.50. The number of rotatable bonds is 4. The average Bonchev–Trinajstić information content (AvgIpc) is 2.99. The van der Waals surface area contributed by atoms with Crippen LogP contribution in [0.25, 0.3) is 11.0 Å². The van der Waals surface area contributed by atoms with Crippen LogP contribution in [-0.2, 0) is 9.59 Å². The Morgan fingerprint density at radius 3 is 2.52 bits per heavy atom. The van der Waals surface area contributed by atoms with Crippen molar-refractivity contribution in [1.29, 1.82) is 0 Å². The number of carboxylic acids is 2. The number of hydrogen-bond acceptors (Lipinski definition) is 5. The van der Waals surface area contributed by atoms with E-state index in [1.807, 2.05) is 0 Å². The zero-order valence-corrected chi connectivity index (χ0v) is 14.6. The van der Waals surface area contributed by atoms with Gasteiger partial charge in [0.05, 0.1) is 5.69 Å². The molecule has 1 aliphatic rings. The van der Waals surface area contributed by atoms with Crippen LogP contribution in [0.15, 0.2) is 34.8 Å². The Bertz CT molecular complexity index is 834. The highest BCUT2D eigenvalue weighted by Gasteiger charge is 2.22. The molecule has 27 heavy (non-hydrogen) atoms. The van der Waals surface area contributed by atoms with Crippen molar-refractivity contribution in [2.45, 2.75) is 19.4 Å². The van der Waals surface area contributed by atoms with E-state index in [0.29, 0.717) is 34.9 Å². The number of nitrogens with zero attached hydrogens (tertiary/aromatic N) is 1. The first-order valence-electron chi connectivity index (χ1n) is 8.31. The van der Waals surface area contributed by atoms with Gasteiger partial charge in [0.25, 0.3) is 6.01 Å². The van der Waals surface area contributed by atoms with E-state index in [-0.39, 0.29) is 5.82 Å². The van der Waals surface area contributed by atoms with Crippen LogP contribution in [0.5, 0.6) is 0 Å². The fourth-order valence-electron chi connectivity index (χ4n) is 2.76. The van der Waals surface area contributed by atoms with Gasteiger partial charge in [-0.3, -0.25) is 0 Å². The molecule has 0 amide bonds. The number of carboxylic acid groups (broad SMARTS) is 2. The Balaban J connectivity index is 0.000000279. The third kappa shape index (κ3) is 5.78. The van der Waals surface area contributed by atoms with Crippen molar-refractivity contribution in [2.75, 3.05) is 24.5 Å². The first-order valence-corrected chi connectivity index (χ1v) is 8.31. The van der Waals surface area contributed by atoms with Crippen molar-refractivity contribution in [1.82, 2.24) is 5.32 Å². The summed E-state index contributed by atoms with van der Waals surface area (Å²) in [7, 11) is 0. The predicted octanol–water partition coefficient (Wildman–Crippen LogP) is 2.61. The molecule has 1 saturated heterocycles. The van der Waals surface area contributed by atoms with E-state index in [0.717, 1.165) is 26.1 Å². The molecule has 3 N–H and O–H groups in total. The van der Waals surface area contributed by atoms with Gasteiger partial charge in [-0.15, -0.1) is 0 Å². The summed E-state index contributed by atoms with van der Waals surface area (Å²) in [6, 6.07) is 3.63. The topological polar surface area (TPSA) is 103 Å². The van der Waals surface area contributed by atoms with Crippen molar-refractivity contribution in [2.24, 2.45) is 0 Å². The quantitative estimate of drug-likeness (QED) is 0.699. The summed E-state index contributed by atoms with van der Waals surface area (Å²) < 4.78 is 31.9. The maximum absolute atomic E-state index is 13.6. The summed E-state index contributed by atoms with van der Waals surface area (Å²) in [6.45, 7) is 4.48. The molecule has 146 valence electrons. The van der Waals surface area contributed by atoms with E-state index < -0.39 is 18.0 Å². The standard InChI is InChI=1S/C14H16F2N2O.C4H4O4/c1-2-11-8-18(4-3-17-11)12-7-10(15)5-9-6-13(16)19-14(9)12;5-3(6)1-2-4(7)8/h5-7,11,17H,2-4,8H2,1H3;1-2H,(H,5,6)(H,7,8)/t11-;/m0./s1. The third-order valence-electron chi connectivity index (χ3n) is 3.99. The zero-order valence-electron chi connectivity index (χ0n) is 14.6. The molecule has 3 rings (SSSR count). The highest BCUT2D eigenvalue weighted by Crippen LogP contribution is 2.31. The van der Waals surface area contributed by atoms with Crippen LogP contribution < -0.4 is 10.2 Å². The number of benzene rings is 1. The second-order valence-corrected chi connectivity index (χ2v) is 5.91. The summed E-state index contributed by atoms with van der Waals surface area (Å²) in [5, 5.41) is 19.5. The molecule has 0 saturated carbocycles. The van der Waals surface area contributed by atoms with Crippen molar-refractivity contribution in [3.05, 3.63) is 42.2 Å². The fraction of sp³-hybridized carbons (Fsp3) is 0.333. The lowest BCUT2D eigenvalue weighted by Gasteiger charge is -2.34. The van der Waals surface area contributed by atoms with Crippen LogP contribution in [0.3, 0.4) is 0 Å². The summed E-state index contributed by atoms with van der Waals surface area (Å²) >= 11 is 0. The Morgan fingerprint density at radius 2 is 1.93 bits per heavy atom. The number of hydrogen-bond donors (Lipinski definition) is 3. The van der Waals surface area contributed by atoms with Gasteiger partial charge in [-0.1, -0.05) is 6.92 Å². The molecule has 0 bridgehead atoms. The Morgan fingerprint density at radius 1 is 1.26 bits per heavy atom. The Labute approximate surface area is 153 Å². The minimum atomic E-state index is -1.26. The molecule has 0 spiro atoms. The van der Waals surface area contributed by atoms with Gasteiger partial charge in [0.2, 0.25) is 0 Å². The molecule has 1 aliphatic heterocycles. The number of anilines is 1. The second-order valence-electron chi connectivity index (χ2n) is 5.91. The molecule has 1 fully saturated rings. The Kier molecular flexibility index (Phi) is 6.89. The highest BCUT2D eigenvalue weighted by atomic mass is 19.1. The number of fused-ring (bicyclic) bond motifs is 1. The maximum Gasteiger partial charge on any atom is 0.328 e. The van der Waals surface area contributed by atoms with Crippen LogP contribution in [-0.4, -0.2) is 47.8 Å². The largest absolute Gasteiger partial charge is 0.478 e. The summed E-state index contributed by atoms with van der Waals surface area (Å²) in [6.07, 6.45) is 2.12. The van der Waals surface area contributed by atoms with Crippen molar-refractivity contribution in [3.63, 3.8) is 0 Å². The number of carbonyl (C=O) groups is 2. The SMILES string of the molecule is CC[C@H]1CN(c2cc(F)cc3cc(F)oc23)CCN1.O=C(O)C=CC(=O)O. The lowest BCUT2D eigenvalue weighted by atomic mass is 10.1. The van der Waals surface area contributed by atoms with E-state index >= 15 is 0 Å². The van der Waals surface area contributed by atoms with Crippen LogP contribution >= 0.6 is 0 Å². The van der Waals surface area contributed by atoms with Gasteiger partial charge in [0.15, 0.2) is 5.58 Å². The number of aliphatic carboxylic acids is 2. The van der Waals surface area contributed by atoms with E-state index in [1.165, 1.54) is 18.2 Å². The molecular weight excluding hydrogens is 362 g/mol. The minimum absolute atomic E-state index is 0.366. The molecule has 0 aliphatic carbocycles. The summed E-state index contributed by atoms with van der Waals surface area (Å²) in [5.41, 5.74) is 1.06. The van der Waals surface area contributed by atoms with Gasteiger partial charge in [-0.2, -0.15) is 4.39 Å². The fourth-order valence-corrected chi connectivity index (χ4v) is 2.76. The van der Waals surface area contributed by atoms with Crippen molar-refractivity contribution < 1.29 is 33.0 Å². The summed E-state index contributed by atoms with van der Waals surface area (Å²) in [5.74, 6) is -2.88. The van der Waals surface area contributed by atoms with Crippen LogP contribution in [0.1, 0.15) is 13.3 Å². The number of halogens is 2. The van der Waals surface area contributed by atoms with Crippen molar-refractivity contribution >= 4 is 28.6 Å². The van der Waals surface area contributed by atoms with Gasteiger partial charge in [-0.25, -0.2) is 14.0 Å². The first kappa shape index (κ1) is 20.4. The van der Waals surface area contributed by atoms with E-state index in [9.17, 15) is 18.4 Å². The van der Waals surface area contributed by atoms with Crippen LogP contribution in [0.2, 0.25) is 0 Å². The summed E-state index contributed by atoms with van der Waals surface area (Å²) in [4.78, 5) is 21.2. The molecule has 0 unspecified atom stereocenters. The minimum Gasteiger partial charge on any atom is -0.478 e. The van der Waals surface area contributed by atoms with Crippen molar-refractivity contribution in [3.8, 4) is 0 Å². The molecule has 9 heteroatoms. The average molecular weight is 382 g/mol. The molecule has 7 nitrogen and oxygen atoms in total. The van der Waals surface area contributed by atoms with Gasteiger partial charge in [0, 0.05) is 55.3 Å². The highest BCUT2D eigenvalue weighted by molar-refractivity contribution is 5.90. The van der Waals surface area contributed by atoms with E-state index in [1.54, 1.807) is 0 Å². The van der Waals surface area contributed by atoms with Gasteiger partial charge >= 0.3 is 11.9 Å². The molecular formula is C18H20F2N2O5. The zero-order chi connectivity index (χ0) is 20.0. The Hall–Kier alpha value is -2.94. The third-order valence-corrected chi connectivity index (χ3v) is 3.99. The van der Waals surface area contributed by atoms with Crippen LogP contribution in [0, 0.1) is 11.8 Å². The van der Waals surface area contributed by atoms with E-state index in [4.69, 9.17) is 14.6 Å². The molecule has 2 heterocycles. The first-order chi connectivity index (χ1) is 12.8. The molecule has 1 aromatic carbocycles. The molecule has 1 aromatic heterocycles. The van der Waals surface area contributed by atoms with Crippen LogP contribution in [0.4, 0.5) is 14.5 Å². The smallest absolute Gasteiger partial charge is 0.328 e. The number of piperazine rings is 1. The maximum atomic E-state index is 13.6.